The van der Waals surface area contributed by atoms with E-state index in [0.717, 1.165) is 26.1 Å². The van der Waals surface area contributed by atoms with Crippen LogP contribution in [0.2, 0.25) is 0 Å². The number of nitrogens with two attached hydrogens (primary N) is 1. The molecule has 2 heterocycles. The van der Waals surface area contributed by atoms with E-state index in [9.17, 15) is 4.79 Å². The van der Waals surface area contributed by atoms with E-state index in [-0.39, 0.29) is 0 Å². The summed E-state index contributed by atoms with van der Waals surface area (Å²) in [4.78, 5) is 18.4. The lowest BCUT2D eigenvalue weighted by atomic mass is 10.1. The van der Waals surface area contributed by atoms with E-state index in [0.29, 0.717) is 29.0 Å². The smallest absolute Gasteiger partial charge is 0.341 e. The predicted octanol–water partition coefficient (Wildman–Crippen LogP) is 1.59. The second-order valence-electron chi connectivity index (χ2n) is 5.78. The zero-order valence-corrected chi connectivity index (χ0v) is 12.9. The molecule has 0 aliphatic carbocycles. The third kappa shape index (κ3) is 3.85. The second-order valence-corrected chi connectivity index (χ2v) is 5.78. The summed E-state index contributed by atoms with van der Waals surface area (Å²) < 4.78 is 4.77. The first-order chi connectivity index (χ1) is 10.0. The molecule has 1 aromatic rings. The SMILES string of the molecule is COC(=O)c1cc(N)cnc1NCC1CCN(C(C)C)C1. The summed E-state index contributed by atoms with van der Waals surface area (Å²) in [6, 6.07) is 2.17. The summed E-state index contributed by atoms with van der Waals surface area (Å²) in [7, 11) is 1.35. The number of hydrogen-bond acceptors (Lipinski definition) is 6. The average molecular weight is 292 g/mol. The van der Waals surface area contributed by atoms with Crippen LogP contribution in [0.4, 0.5) is 11.5 Å². The number of likely N-dealkylation sites (tertiary alicyclic amines) is 1. The molecule has 21 heavy (non-hydrogen) atoms. The van der Waals surface area contributed by atoms with Gasteiger partial charge in [0.05, 0.1) is 19.0 Å². The molecular formula is C15H24N4O2. The van der Waals surface area contributed by atoms with Crippen molar-refractivity contribution in [3.63, 3.8) is 0 Å². The van der Waals surface area contributed by atoms with Crippen LogP contribution in [0.1, 0.15) is 30.6 Å². The molecule has 1 fully saturated rings. The van der Waals surface area contributed by atoms with Gasteiger partial charge in [0.25, 0.3) is 0 Å². The van der Waals surface area contributed by atoms with Crippen molar-refractivity contribution < 1.29 is 9.53 Å². The van der Waals surface area contributed by atoms with Crippen molar-refractivity contribution in [3.05, 3.63) is 17.8 Å². The van der Waals surface area contributed by atoms with Gasteiger partial charge in [0.1, 0.15) is 11.4 Å². The Morgan fingerprint density at radius 3 is 3.00 bits per heavy atom. The van der Waals surface area contributed by atoms with Crippen molar-refractivity contribution in [3.8, 4) is 0 Å². The summed E-state index contributed by atoms with van der Waals surface area (Å²) >= 11 is 0. The molecule has 1 saturated heterocycles. The maximum absolute atomic E-state index is 11.8. The number of nitrogen functional groups attached to an aromatic ring is 1. The van der Waals surface area contributed by atoms with E-state index in [4.69, 9.17) is 10.5 Å². The molecule has 1 aliphatic rings. The topological polar surface area (TPSA) is 80.5 Å². The minimum Gasteiger partial charge on any atom is -0.465 e. The fourth-order valence-corrected chi connectivity index (χ4v) is 2.63. The summed E-state index contributed by atoms with van der Waals surface area (Å²) in [5.74, 6) is 0.684. The Morgan fingerprint density at radius 2 is 2.38 bits per heavy atom. The van der Waals surface area contributed by atoms with Crippen LogP contribution in [0.3, 0.4) is 0 Å². The number of carbonyl (C=O) groups excluding carboxylic acids is 1. The molecule has 6 nitrogen and oxygen atoms in total. The number of pyridine rings is 1. The number of nitrogens with one attached hydrogen (secondary N) is 1. The van der Waals surface area contributed by atoms with Gasteiger partial charge in [-0.05, 0) is 38.8 Å². The summed E-state index contributed by atoms with van der Waals surface area (Å²) in [5.41, 5.74) is 6.52. The highest BCUT2D eigenvalue weighted by Gasteiger charge is 2.24. The fraction of sp³-hybridized carbons (Fsp3) is 0.600. The van der Waals surface area contributed by atoms with Gasteiger partial charge in [-0.2, -0.15) is 0 Å². The van der Waals surface area contributed by atoms with Crippen molar-refractivity contribution in [2.24, 2.45) is 5.92 Å². The van der Waals surface area contributed by atoms with Gasteiger partial charge in [-0.1, -0.05) is 0 Å². The maximum atomic E-state index is 11.8. The maximum Gasteiger partial charge on any atom is 0.341 e. The highest BCUT2D eigenvalue weighted by atomic mass is 16.5. The molecule has 6 heteroatoms. The van der Waals surface area contributed by atoms with Gasteiger partial charge >= 0.3 is 5.97 Å². The van der Waals surface area contributed by atoms with E-state index >= 15 is 0 Å². The molecule has 1 unspecified atom stereocenters. The molecule has 1 aliphatic heterocycles. The number of esters is 1. The lowest BCUT2D eigenvalue weighted by Crippen LogP contribution is -2.29. The minimum absolute atomic E-state index is 0.385. The molecule has 0 aromatic carbocycles. The number of nitrogens with zero attached hydrogens (tertiary/aromatic N) is 2. The third-order valence-electron chi connectivity index (χ3n) is 3.92. The van der Waals surface area contributed by atoms with Gasteiger partial charge in [-0.15, -0.1) is 0 Å². The average Bonchev–Trinajstić information content (AvgIpc) is 2.94. The first-order valence-corrected chi connectivity index (χ1v) is 7.33. The first kappa shape index (κ1) is 15.6. The van der Waals surface area contributed by atoms with Crippen LogP contribution >= 0.6 is 0 Å². The van der Waals surface area contributed by atoms with Crippen LogP contribution in [0.5, 0.6) is 0 Å². The number of hydrogen-bond donors (Lipinski definition) is 2. The highest BCUT2D eigenvalue weighted by molar-refractivity contribution is 5.95. The Bertz CT molecular complexity index is 504. The minimum atomic E-state index is -0.424. The van der Waals surface area contributed by atoms with Crippen molar-refractivity contribution in [2.45, 2.75) is 26.3 Å². The molecule has 0 saturated carbocycles. The number of methoxy groups -OCH3 is 1. The number of aromatic nitrogens is 1. The Morgan fingerprint density at radius 1 is 1.62 bits per heavy atom. The summed E-state index contributed by atoms with van der Waals surface area (Å²) in [6.45, 7) is 7.43. The fourth-order valence-electron chi connectivity index (χ4n) is 2.63. The van der Waals surface area contributed by atoms with Crippen molar-refractivity contribution >= 4 is 17.5 Å². The Labute approximate surface area is 125 Å². The Kier molecular flexibility index (Phi) is 5.01. The molecule has 0 amide bonds. The molecular weight excluding hydrogens is 268 g/mol. The van der Waals surface area contributed by atoms with Crippen LogP contribution < -0.4 is 11.1 Å². The quantitative estimate of drug-likeness (QED) is 0.802. The summed E-state index contributed by atoms with van der Waals surface area (Å²) in [6.07, 6.45) is 2.71. The summed E-state index contributed by atoms with van der Waals surface area (Å²) in [5, 5.41) is 3.26. The molecule has 0 spiro atoms. The number of ether oxygens (including phenoxy) is 1. The van der Waals surface area contributed by atoms with E-state index in [1.165, 1.54) is 7.11 Å². The molecule has 3 N–H and O–H groups in total. The lowest BCUT2D eigenvalue weighted by molar-refractivity contribution is 0.0601. The largest absolute Gasteiger partial charge is 0.465 e. The third-order valence-corrected chi connectivity index (χ3v) is 3.92. The van der Waals surface area contributed by atoms with Crippen molar-refractivity contribution in [2.75, 3.05) is 37.8 Å². The van der Waals surface area contributed by atoms with Gasteiger partial charge in [-0.25, -0.2) is 9.78 Å². The number of carbonyl (C=O) groups is 1. The zero-order chi connectivity index (χ0) is 15.4. The molecule has 116 valence electrons. The monoisotopic (exact) mass is 292 g/mol. The van der Waals surface area contributed by atoms with E-state index < -0.39 is 5.97 Å². The van der Waals surface area contributed by atoms with Gasteiger partial charge < -0.3 is 20.7 Å². The van der Waals surface area contributed by atoms with E-state index in [1.54, 1.807) is 12.3 Å². The molecule has 0 radical (unpaired) electrons. The van der Waals surface area contributed by atoms with Gasteiger partial charge in [0.15, 0.2) is 0 Å². The van der Waals surface area contributed by atoms with Crippen LogP contribution in [-0.2, 0) is 4.74 Å². The van der Waals surface area contributed by atoms with Crippen LogP contribution in [0.15, 0.2) is 12.3 Å². The van der Waals surface area contributed by atoms with Crippen LogP contribution in [-0.4, -0.2) is 48.6 Å². The Balaban J connectivity index is 1.99. The van der Waals surface area contributed by atoms with Crippen molar-refractivity contribution in [1.29, 1.82) is 0 Å². The highest BCUT2D eigenvalue weighted by Crippen LogP contribution is 2.21. The second kappa shape index (κ2) is 6.76. The molecule has 1 aromatic heterocycles. The predicted molar refractivity (Wildman–Crippen MR) is 83.3 cm³/mol. The van der Waals surface area contributed by atoms with E-state index in [1.807, 2.05) is 0 Å². The molecule has 2 rings (SSSR count). The van der Waals surface area contributed by atoms with E-state index in [2.05, 4.69) is 29.0 Å². The first-order valence-electron chi connectivity index (χ1n) is 7.33. The lowest BCUT2D eigenvalue weighted by Gasteiger charge is -2.20. The zero-order valence-electron chi connectivity index (χ0n) is 12.9. The van der Waals surface area contributed by atoms with Crippen LogP contribution in [0, 0.1) is 5.92 Å². The number of anilines is 2. The number of rotatable bonds is 5. The standard InChI is InChI=1S/C15H24N4O2/c1-10(2)19-5-4-11(9-19)7-17-14-13(15(20)21-3)6-12(16)8-18-14/h6,8,10-11H,4-5,7,9,16H2,1-3H3,(H,17,18). The molecule has 1 atom stereocenters. The van der Waals surface area contributed by atoms with Crippen molar-refractivity contribution in [1.82, 2.24) is 9.88 Å². The molecule has 0 bridgehead atoms. The van der Waals surface area contributed by atoms with Gasteiger partial charge in [0, 0.05) is 19.1 Å². The van der Waals surface area contributed by atoms with Gasteiger partial charge in [0.2, 0.25) is 0 Å². The Hall–Kier alpha value is -1.82. The normalized spacial score (nSPS) is 19.0. The van der Waals surface area contributed by atoms with Crippen LogP contribution in [0.25, 0.3) is 0 Å². The van der Waals surface area contributed by atoms with Gasteiger partial charge in [-0.3, -0.25) is 0 Å².